The number of rotatable bonds is 3. The van der Waals surface area contributed by atoms with Gasteiger partial charge < -0.3 is 4.57 Å². The second-order valence-corrected chi connectivity index (χ2v) is 5.43. The summed E-state index contributed by atoms with van der Waals surface area (Å²) in [4.78, 5) is 11.6. The van der Waals surface area contributed by atoms with Gasteiger partial charge in [-0.2, -0.15) is 11.8 Å². The van der Waals surface area contributed by atoms with Gasteiger partial charge in [-0.15, -0.1) is 0 Å². The van der Waals surface area contributed by atoms with Crippen LogP contribution in [0.2, 0.25) is 0 Å². The number of aromatic nitrogens is 1. The van der Waals surface area contributed by atoms with E-state index < -0.39 is 0 Å². The lowest BCUT2D eigenvalue weighted by Gasteiger charge is -2.17. The first-order valence-corrected chi connectivity index (χ1v) is 6.75. The quantitative estimate of drug-likeness (QED) is 0.786. The summed E-state index contributed by atoms with van der Waals surface area (Å²) < 4.78 is 2.26. The molecule has 82 valence electrons. The van der Waals surface area contributed by atoms with E-state index in [2.05, 4.69) is 23.9 Å². The molecule has 0 amide bonds. The predicted molar refractivity (Wildman–Crippen MR) is 64.7 cm³/mol. The van der Waals surface area contributed by atoms with Crippen molar-refractivity contribution >= 4 is 17.5 Å². The van der Waals surface area contributed by atoms with Gasteiger partial charge in [0.05, 0.1) is 0 Å². The van der Waals surface area contributed by atoms with E-state index in [-0.39, 0.29) is 0 Å². The first kappa shape index (κ1) is 10.8. The van der Waals surface area contributed by atoms with Gasteiger partial charge in [-0.05, 0) is 25.2 Å². The zero-order valence-corrected chi connectivity index (χ0v) is 10.1. The van der Waals surface area contributed by atoms with Gasteiger partial charge in [0, 0.05) is 35.7 Å². The standard InChI is InChI=1S/C12H17NOS/c1-9(15-2)8-13-7-6-10-11(13)4-3-5-12(10)14/h6-7,9H,3-5,8H2,1-2H3. The molecule has 0 spiro atoms. The number of carbonyl (C=O) groups excluding carboxylic acids is 1. The van der Waals surface area contributed by atoms with Crippen LogP contribution in [0.1, 0.15) is 35.8 Å². The number of thioether (sulfide) groups is 1. The Hall–Kier alpha value is -0.700. The summed E-state index contributed by atoms with van der Waals surface area (Å²) in [5, 5.41) is 0.610. The van der Waals surface area contributed by atoms with Crippen LogP contribution < -0.4 is 0 Å². The molecular formula is C12H17NOS. The highest BCUT2D eigenvalue weighted by molar-refractivity contribution is 7.99. The van der Waals surface area contributed by atoms with Gasteiger partial charge in [0.1, 0.15) is 0 Å². The Bertz CT molecular complexity index is 370. The van der Waals surface area contributed by atoms with Crippen LogP contribution in [-0.4, -0.2) is 21.9 Å². The van der Waals surface area contributed by atoms with E-state index >= 15 is 0 Å². The van der Waals surface area contributed by atoms with E-state index in [0.717, 1.165) is 31.4 Å². The topological polar surface area (TPSA) is 22.0 Å². The number of carbonyl (C=O) groups is 1. The first-order chi connectivity index (χ1) is 7.22. The van der Waals surface area contributed by atoms with E-state index in [1.54, 1.807) is 0 Å². The Kier molecular flexibility index (Phi) is 3.19. The molecule has 0 saturated heterocycles. The molecule has 3 heteroatoms. The maximum Gasteiger partial charge on any atom is 0.164 e. The van der Waals surface area contributed by atoms with Crippen LogP contribution in [0.3, 0.4) is 0 Å². The molecule has 0 fully saturated rings. The summed E-state index contributed by atoms with van der Waals surface area (Å²) >= 11 is 1.87. The fourth-order valence-electron chi connectivity index (χ4n) is 2.11. The Morgan fingerprint density at radius 2 is 2.33 bits per heavy atom. The minimum Gasteiger partial charge on any atom is -0.350 e. The molecule has 2 rings (SSSR count). The monoisotopic (exact) mass is 223 g/mol. The number of ketones is 1. The van der Waals surface area contributed by atoms with Crippen molar-refractivity contribution in [2.45, 2.75) is 38.0 Å². The number of Topliss-reactive ketones (excluding diaryl/α,β-unsaturated/α-hetero) is 1. The average molecular weight is 223 g/mol. The highest BCUT2D eigenvalue weighted by Gasteiger charge is 2.20. The molecule has 2 nitrogen and oxygen atoms in total. The van der Waals surface area contributed by atoms with Crippen LogP contribution >= 0.6 is 11.8 Å². The largest absolute Gasteiger partial charge is 0.350 e. The summed E-state index contributed by atoms with van der Waals surface area (Å²) in [5.41, 5.74) is 2.22. The normalized spacial score (nSPS) is 17.6. The maximum atomic E-state index is 11.6. The van der Waals surface area contributed by atoms with Crippen molar-refractivity contribution in [1.82, 2.24) is 4.57 Å². The molecule has 1 aromatic rings. The second-order valence-electron chi connectivity index (χ2n) is 4.15. The molecule has 0 N–H and O–H groups in total. The molecule has 1 aliphatic carbocycles. The SMILES string of the molecule is CSC(C)Cn1ccc2c1CCCC2=O. The van der Waals surface area contributed by atoms with Crippen LogP contribution in [0.15, 0.2) is 12.3 Å². The van der Waals surface area contributed by atoms with Crippen molar-refractivity contribution in [1.29, 1.82) is 0 Å². The zero-order valence-electron chi connectivity index (χ0n) is 9.32. The van der Waals surface area contributed by atoms with E-state index in [9.17, 15) is 4.79 Å². The first-order valence-electron chi connectivity index (χ1n) is 5.46. The van der Waals surface area contributed by atoms with Crippen LogP contribution in [0.5, 0.6) is 0 Å². The molecule has 1 heterocycles. The number of hydrogen-bond acceptors (Lipinski definition) is 2. The second kappa shape index (κ2) is 4.44. The van der Waals surface area contributed by atoms with Crippen molar-refractivity contribution in [2.24, 2.45) is 0 Å². The van der Waals surface area contributed by atoms with Gasteiger partial charge in [0.25, 0.3) is 0 Å². The van der Waals surface area contributed by atoms with Gasteiger partial charge in [0.15, 0.2) is 5.78 Å². The van der Waals surface area contributed by atoms with E-state index in [4.69, 9.17) is 0 Å². The molecule has 0 radical (unpaired) electrons. The van der Waals surface area contributed by atoms with E-state index in [1.165, 1.54) is 5.69 Å². The number of fused-ring (bicyclic) bond motifs is 1. The van der Waals surface area contributed by atoms with Crippen LogP contribution in [0.4, 0.5) is 0 Å². The van der Waals surface area contributed by atoms with Crippen molar-refractivity contribution < 1.29 is 4.79 Å². The van der Waals surface area contributed by atoms with Gasteiger partial charge in [-0.3, -0.25) is 4.79 Å². The number of hydrogen-bond donors (Lipinski definition) is 0. The lowest BCUT2D eigenvalue weighted by molar-refractivity contribution is 0.0972. The van der Waals surface area contributed by atoms with E-state index in [0.29, 0.717) is 11.0 Å². The maximum absolute atomic E-state index is 11.6. The predicted octanol–water partition coefficient (Wildman–Crippen LogP) is 2.76. The summed E-state index contributed by atoms with van der Waals surface area (Å²) in [7, 11) is 0. The smallest absolute Gasteiger partial charge is 0.164 e. The highest BCUT2D eigenvalue weighted by Crippen LogP contribution is 2.23. The minimum absolute atomic E-state index is 0.326. The third-order valence-electron chi connectivity index (χ3n) is 3.05. The average Bonchev–Trinajstić information content (AvgIpc) is 2.63. The molecule has 0 aromatic carbocycles. The van der Waals surface area contributed by atoms with Gasteiger partial charge in [-0.1, -0.05) is 6.92 Å². The Morgan fingerprint density at radius 1 is 1.53 bits per heavy atom. The van der Waals surface area contributed by atoms with E-state index in [1.807, 2.05) is 17.8 Å². The lowest BCUT2D eigenvalue weighted by atomic mass is 9.97. The van der Waals surface area contributed by atoms with Crippen LogP contribution in [0.25, 0.3) is 0 Å². The molecule has 1 unspecified atom stereocenters. The highest BCUT2D eigenvalue weighted by atomic mass is 32.2. The molecular weight excluding hydrogens is 206 g/mol. The Morgan fingerprint density at radius 3 is 3.07 bits per heavy atom. The fraction of sp³-hybridized carbons (Fsp3) is 0.583. The van der Waals surface area contributed by atoms with Crippen molar-refractivity contribution in [3.63, 3.8) is 0 Å². The summed E-state index contributed by atoms with van der Waals surface area (Å²) in [5.74, 6) is 0.326. The Labute approximate surface area is 95.0 Å². The third-order valence-corrected chi connectivity index (χ3v) is 4.01. The van der Waals surface area contributed by atoms with Crippen molar-refractivity contribution in [2.75, 3.05) is 6.26 Å². The molecule has 0 saturated carbocycles. The van der Waals surface area contributed by atoms with Crippen LogP contribution in [0, 0.1) is 0 Å². The molecule has 15 heavy (non-hydrogen) atoms. The zero-order chi connectivity index (χ0) is 10.8. The Balaban J connectivity index is 2.23. The molecule has 1 aliphatic rings. The molecule has 0 aliphatic heterocycles. The minimum atomic E-state index is 0.326. The summed E-state index contributed by atoms with van der Waals surface area (Å²) in [6, 6.07) is 1.99. The van der Waals surface area contributed by atoms with Crippen LogP contribution in [-0.2, 0) is 13.0 Å². The van der Waals surface area contributed by atoms with Gasteiger partial charge >= 0.3 is 0 Å². The van der Waals surface area contributed by atoms with Crippen molar-refractivity contribution in [3.8, 4) is 0 Å². The fourth-order valence-corrected chi connectivity index (χ4v) is 2.42. The van der Waals surface area contributed by atoms with Crippen molar-refractivity contribution in [3.05, 3.63) is 23.5 Å². The molecule has 1 atom stereocenters. The summed E-state index contributed by atoms with van der Waals surface area (Å²) in [6.07, 6.45) is 7.01. The number of nitrogens with zero attached hydrogens (tertiary/aromatic N) is 1. The van der Waals surface area contributed by atoms with Gasteiger partial charge in [0.2, 0.25) is 0 Å². The van der Waals surface area contributed by atoms with Gasteiger partial charge in [-0.25, -0.2) is 0 Å². The molecule has 0 bridgehead atoms. The molecule has 1 aromatic heterocycles. The summed E-state index contributed by atoms with van der Waals surface area (Å²) in [6.45, 7) is 3.24. The lowest BCUT2D eigenvalue weighted by Crippen LogP contribution is -2.16. The third kappa shape index (κ3) is 2.12.